The van der Waals surface area contributed by atoms with Crippen LogP contribution < -0.4 is 10.0 Å². The van der Waals surface area contributed by atoms with E-state index in [9.17, 15) is 29.0 Å². The number of nitriles is 1. The highest BCUT2D eigenvalue weighted by molar-refractivity contribution is 7.93. The Kier molecular flexibility index (Phi) is 9.40. The number of morpholine rings is 1. The number of nitrogens with zero attached hydrogens (tertiary/aromatic N) is 2. The summed E-state index contributed by atoms with van der Waals surface area (Å²) >= 11 is 0. The Bertz CT molecular complexity index is 974. The van der Waals surface area contributed by atoms with E-state index in [1.165, 1.54) is 13.0 Å². The molecule has 188 valence electrons. The van der Waals surface area contributed by atoms with Crippen LogP contribution in [-0.2, 0) is 19.5 Å². The van der Waals surface area contributed by atoms with Gasteiger partial charge in [-0.3, -0.25) is 4.90 Å². The predicted octanol–water partition coefficient (Wildman–Crippen LogP) is -0.915. The fourth-order valence-corrected chi connectivity index (χ4v) is 4.73. The quantitative estimate of drug-likeness (QED) is 0.270. The van der Waals surface area contributed by atoms with E-state index in [1.807, 2.05) is 0 Å². The summed E-state index contributed by atoms with van der Waals surface area (Å²) in [6.45, 7) is 6.11. The van der Waals surface area contributed by atoms with E-state index in [4.69, 9.17) is 9.47 Å². The van der Waals surface area contributed by atoms with Gasteiger partial charge in [0.05, 0.1) is 19.3 Å². The topological polar surface area (TPSA) is 164 Å². The first-order valence-corrected chi connectivity index (χ1v) is 12.6. The van der Waals surface area contributed by atoms with Gasteiger partial charge in [-0.15, -0.1) is 0 Å². The number of hydrogen-bond donors (Lipinski definition) is 5. The summed E-state index contributed by atoms with van der Waals surface area (Å²) in [6.07, 6.45) is -4.85. The van der Waals surface area contributed by atoms with E-state index >= 15 is 0 Å². The minimum atomic E-state index is -4.20. The van der Waals surface area contributed by atoms with Crippen molar-refractivity contribution in [2.24, 2.45) is 0 Å². The molecular weight excluding hydrogens is 464 g/mol. The van der Waals surface area contributed by atoms with Crippen LogP contribution in [0.15, 0.2) is 29.2 Å². The van der Waals surface area contributed by atoms with Gasteiger partial charge in [-0.2, -0.15) is 5.26 Å². The number of ether oxygens (including phenoxy) is 2. The Balaban J connectivity index is 1.56. The molecule has 0 spiro atoms. The number of rotatable bonds is 9. The van der Waals surface area contributed by atoms with Gasteiger partial charge in [-0.05, 0) is 30.7 Å². The smallest absolute Gasteiger partial charge is 0.250 e. The van der Waals surface area contributed by atoms with Crippen molar-refractivity contribution >= 4 is 21.8 Å². The van der Waals surface area contributed by atoms with E-state index in [1.54, 1.807) is 30.3 Å². The average molecular weight is 497 g/mol. The summed E-state index contributed by atoms with van der Waals surface area (Å²) in [7, 11) is -4.20. The Morgan fingerprint density at radius 1 is 1.18 bits per heavy atom. The van der Waals surface area contributed by atoms with Gasteiger partial charge in [0.15, 0.2) is 4.91 Å². The molecule has 5 N–H and O–H groups in total. The molecule has 0 aromatic heterocycles. The van der Waals surface area contributed by atoms with Crippen molar-refractivity contribution in [3.8, 4) is 6.07 Å². The molecule has 2 saturated heterocycles. The molecule has 5 atom stereocenters. The Hall–Kier alpha value is -2.08. The third-order valence-corrected chi connectivity index (χ3v) is 7.23. The van der Waals surface area contributed by atoms with E-state index in [0.717, 1.165) is 45.1 Å². The number of aliphatic hydroxyl groups excluding tert-OH is 3. The molecule has 34 heavy (non-hydrogen) atoms. The van der Waals surface area contributed by atoms with E-state index in [2.05, 4.69) is 14.9 Å². The molecule has 0 bridgehead atoms. The molecule has 0 aliphatic carbocycles. The van der Waals surface area contributed by atoms with Crippen LogP contribution in [0.4, 0.5) is 5.69 Å². The van der Waals surface area contributed by atoms with Gasteiger partial charge in [0.1, 0.15) is 30.5 Å². The summed E-state index contributed by atoms with van der Waals surface area (Å²) in [4.78, 5) is 1.81. The first-order chi connectivity index (χ1) is 16.2. The van der Waals surface area contributed by atoms with Gasteiger partial charge in [0.2, 0.25) is 0 Å². The van der Waals surface area contributed by atoms with Crippen LogP contribution >= 0.6 is 0 Å². The lowest BCUT2D eigenvalue weighted by Crippen LogP contribution is -2.59. The summed E-state index contributed by atoms with van der Waals surface area (Å²) in [5, 5.41) is 42.4. The van der Waals surface area contributed by atoms with Gasteiger partial charge in [-0.25, -0.2) is 13.1 Å². The summed E-state index contributed by atoms with van der Waals surface area (Å²) in [6, 6.07) is 8.71. The van der Waals surface area contributed by atoms with E-state index < -0.39 is 45.4 Å². The second kappa shape index (κ2) is 12.1. The number of aliphatic hydroxyl groups is 3. The standard InChI is InChI=1S/C22H32N4O7S/c1-15-20(27)22(29)21(28)19(33-15)14-25-34(30,31)18(13-23)12-16-2-4-17(5-3-16)24-6-7-26-8-10-32-11-9-26/h2-5,12,15,19-22,24-25,27-29H,6-11,14H2,1H3/b18-12+/t15?,19-,20+,21-,22-/m1/s1. The SMILES string of the molecule is CC1O[C@H](CNS(=O)(=O)/C(C#N)=C/c2ccc(NCCN3CCOCC3)cc2)[C@@H](O)[C@H](O)[C@H]1O. The van der Waals surface area contributed by atoms with Crippen molar-refractivity contribution in [3.05, 3.63) is 34.7 Å². The molecule has 3 rings (SSSR count). The maximum absolute atomic E-state index is 12.6. The number of nitrogens with one attached hydrogen (secondary N) is 2. The lowest BCUT2D eigenvalue weighted by atomic mass is 9.96. The molecule has 2 heterocycles. The molecule has 2 aliphatic heterocycles. The fraction of sp³-hybridized carbons (Fsp3) is 0.591. The van der Waals surface area contributed by atoms with Gasteiger partial charge in [-0.1, -0.05) is 12.1 Å². The molecule has 0 radical (unpaired) electrons. The third-order valence-electron chi connectivity index (χ3n) is 5.89. The van der Waals surface area contributed by atoms with Crippen LogP contribution in [0.2, 0.25) is 0 Å². The Morgan fingerprint density at radius 3 is 2.50 bits per heavy atom. The molecule has 1 aromatic carbocycles. The molecule has 2 aliphatic rings. The first-order valence-electron chi connectivity index (χ1n) is 11.2. The maximum Gasteiger partial charge on any atom is 0.250 e. The summed E-state index contributed by atoms with van der Waals surface area (Å²) < 4.78 is 38.2. The molecule has 0 saturated carbocycles. The van der Waals surface area contributed by atoms with Gasteiger partial charge >= 0.3 is 0 Å². The number of allylic oxidation sites excluding steroid dienone is 1. The van der Waals surface area contributed by atoms with Crippen LogP contribution in [0, 0.1) is 11.3 Å². The number of benzene rings is 1. The van der Waals surface area contributed by atoms with Crippen LogP contribution in [0.25, 0.3) is 6.08 Å². The van der Waals surface area contributed by atoms with Crippen molar-refractivity contribution < 1.29 is 33.2 Å². The molecule has 0 amide bonds. The van der Waals surface area contributed by atoms with Gasteiger partial charge < -0.3 is 30.1 Å². The second-order valence-electron chi connectivity index (χ2n) is 8.33. The molecule has 1 aromatic rings. The summed E-state index contributed by atoms with van der Waals surface area (Å²) in [5.74, 6) is 0. The predicted molar refractivity (Wildman–Crippen MR) is 125 cm³/mol. The zero-order valence-electron chi connectivity index (χ0n) is 19.0. The van der Waals surface area contributed by atoms with Crippen molar-refractivity contribution in [2.75, 3.05) is 51.3 Å². The van der Waals surface area contributed by atoms with Crippen LogP contribution in [-0.4, -0.2) is 105 Å². The first kappa shape index (κ1) is 26.5. The van der Waals surface area contributed by atoms with E-state index in [-0.39, 0.29) is 6.54 Å². The van der Waals surface area contributed by atoms with E-state index in [0.29, 0.717) is 5.56 Å². The zero-order chi connectivity index (χ0) is 24.7. The fourth-order valence-electron chi connectivity index (χ4n) is 3.78. The molecule has 11 nitrogen and oxygen atoms in total. The minimum Gasteiger partial charge on any atom is -0.388 e. The van der Waals surface area contributed by atoms with Crippen LogP contribution in [0.3, 0.4) is 0 Å². The zero-order valence-corrected chi connectivity index (χ0v) is 19.8. The second-order valence-corrected chi connectivity index (χ2v) is 10.1. The van der Waals surface area contributed by atoms with Crippen LogP contribution in [0.5, 0.6) is 0 Å². The Labute approximate surface area is 199 Å². The average Bonchev–Trinajstić information content (AvgIpc) is 2.84. The maximum atomic E-state index is 12.6. The van der Waals surface area contributed by atoms with Crippen molar-refractivity contribution in [1.29, 1.82) is 5.26 Å². The summed E-state index contributed by atoms with van der Waals surface area (Å²) in [5.41, 5.74) is 1.41. The number of hydrogen-bond acceptors (Lipinski definition) is 10. The van der Waals surface area contributed by atoms with Crippen molar-refractivity contribution in [1.82, 2.24) is 9.62 Å². The van der Waals surface area contributed by atoms with Crippen molar-refractivity contribution in [3.63, 3.8) is 0 Å². The monoisotopic (exact) mass is 496 g/mol. The normalized spacial score (nSPS) is 28.9. The number of sulfonamides is 1. The minimum absolute atomic E-state index is 0.372. The lowest BCUT2D eigenvalue weighted by molar-refractivity contribution is -0.214. The highest BCUT2D eigenvalue weighted by Gasteiger charge is 2.42. The molecule has 12 heteroatoms. The van der Waals surface area contributed by atoms with Crippen molar-refractivity contribution in [2.45, 2.75) is 37.4 Å². The largest absolute Gasteiger partial charge is 0.388 e. The van der Waals surface area contributed by atoms with Gasteiger partial charge in [0, 0.05) is 38.4 Å². The Morgan fingerprint density at radius 2 is 1.85 bits per heavy atom. The lowest BCUT2D eigenvalue weighted by Gasteiger charge is -2.39. The third kappa shape index (κ3) is 6.97. The molecule has 2 fully saturated rings. The van der Waals surface area contributed by atoms with Crippen LogP contribution in [0.1, 0.15) is 12.5 Å². The van der Waals surface area contributed by atoms with Gasteiger partial charge in [0.25, 0.3) is 10.0 Å². The highest BCUT2D eigenvalue weighted by Crippen LogP contribution is 2.21. The molecular formula is C22H32N4O7S. The highest BCUT2D eigenvalue weighted by atomic mass is 32.2. The molecule has 1 unspecified atom stereocenters. The number of anilines is 1.